The summed E-state index contributed by atoms with van der Waals surface area (Å²) in [7, 11) is -1.79. The molecular formula is C11H16N2O2S. The summed E-state index contributed by atoms with van der Waals surface area (Å²) in [5.74, 6) is -0.0374. The van der Waals surface area contributed by atoms with Gasteiger partial charge in [0.25, 0.3) is 0 Å². The van der Waals surface area contributed by atoms with E-state index in [0.717, 1.165) is 16.7 Å². The molecule has 0 bridgehead atoms. The van der Waals surface area contributed by atoms with E-state index >= 15 is 0 Å². The minimum atomic E-state index is -3.30. The van der Waals surface area contributed by atoms with Crippen LogP contribution in [0.1, 0.15) is 18.1 Å². The second kappa shape index (κ2) is 5.25. The Labute approximate surface area is 96.4 Å². The van der Waals surface area contributed by atoms with Crippen molar-refractivity contribution in [3.05, 3.63) is 42.0 Å². The SMILES string of the molecule is C=C(C)c1ccc(CS(=O)(=O)NNC)cc1. The molecule has 5 heteroatoms. The van der Waals surface area contributed by atoms with Crippen LogP contribution in [0.4, 0.5) is 0 Å². The van der Waals surface area contributed by atoms with Crippen LogP contribution >= 0.6 is 0 Å². The first-order chi connectivity index (χ1) is 7.44. The first-order valence-electron chi connectivity index (χ1n) is 4.85. The molecule has 0 heterocycles. The van der Waals surface area contributed by atoms with Gasteiger partial charge in [-0.05, 0) is 25.1 Å². The number of rotatable bonds is 5. The number of hydrazine groups is 1. The lowest BCUT2D eigenvalue weighted by Gasteiger charge is -2.06. The van der Waals surface area contributed by atoms with Crippen molar-refractivity contribution in [1.29, 1.82) is 0 Å². The van der Waals surface area contributed by atoms with Gasteiger partial charge in [-0.1, -0.05) is 36.4 Å². The number of benzene rings is 1. The average molecular weight is 240 g/mol. The van der Waals surface area contributed by atoms with Crippen LogP contribution in [-0.2, 0) is 15.8 Å². The van der Waals surface area contributed by atoms with E-state index in [1.807, 2.05) is 19.1 Å². The average Bonchev–Trinajstić information content (AvgIpc) is 2.17. The van der Waals surface area contributed by atoms with Gasteiger partial charge in [0.15, 0.2) is 0 Å². The molecule has 0 unspecified atom stereocenters. The minimum absolute atomic E-state index is 0.0374. The highest BCUT2D eigenvalue weighted by molar-refractivity contribution is 7.88. The molecule has 1 aromatic rings. The Hall–Kier alpha value is -1.17. The zero-order valence-corrected chi connectivity index (χ0v) is 10.3. The fourth-order valence-corrected chi connectivity index (χ4v) is 2.31. The number of hydrogen-bond donors (Lipinski definition) is 2. The summed E-state index contributed by atoms with van der Waals surface area (Å²) in [5.41, 5.74) is 5.13. The van der Waals surface area contributed by atoms with E-state index in [9.17, 15) is 8.42 Å². The van der Waals surface area contributed by atoms with Gasteiger partial charge in [-0.2, -0.15) is 4.83 Å². The molecule has 0 aliphatic heterocycles. The summed E-state index contributed by atoms with van der Waals surface area (Å²) in [6.45, 7) is 5.73. The molecule has 16 heavy (non-hydrogen) atoms. The maximum absolute atomic E-state index is 11.4. The van der Waals surface area contributed by atoms with Crippen molar-refractivity contribution in [3.8, 4) is 0 Å². The topological polar surface area (TPSA) is 58.2 Å². The second-order valence-electron chi connectivity index (χ2n) is 3.59. The van der Waals surface area contributed by atoms with Crippen molar-refractivity contribution < 1.29 is 8.42 Å². The molecule has 0 aromatic heterocycles. The molecule has 88 valence electrons. The molecule has 0 aliphatic carbocycles. The monoisotopic (exact) mass is 240 g/mol. The Kier molecular flexibility index (Phi) is 4.23. The van der Waals surface area contributed by atoms with E-state index in [1.54, 1.807) is 12.1 Å². The highest BCUT2D eigenvalue weighted by Gasteiger charge is 2.09. The van der Waals surface area contributed by atoms with Gasteiger partial charge in [0.1, 0.15) is 0 Å². The minimum Gasteiger partial charge on any atom is -0.247 e. The molecule has 0 atom stereocenters. The van der Waals surface area contributed by atoms with Crippen LogP contribution in [0.15, 0.2) is 30.8 Å². The quantitative estimate of drug-likeness (QED) is 0.762. The fraction of sp³-hybridized carbons (Fsp3) is 0.273. The largest absolute Gasteiger partial charge is 0.247 e. The van der Waals surface area contributed by atoms with E-state index < -0.39 is 10.0 Å². The highest BCUT2D eigenvalue weighted by Crippen LogP contribution is 2.13. The summed E-state index contributed by atoms with van der Waals surface area (Å²) in [4.78, 5) is 2.21. The van der Waals surface area contributed by atoms with Gasteiger partial charge in [-0.3, -0.25) is 0 Å². The van der Waals surface area contributed by atoms with E-state index in [2.05, 4.69) is 16.8 Å². The summed E-state index contributed by atoms with van der Waals surface area (Å²) in [6, 6.07) is 7.32. The molecule has 2 N–H and O–H groups in total. The molecule has 0 spiro atoms. The fourth-order valence-electron chi connectivity index (χ4n) is 1.30. The number of allylic oxidation sites excluding steroid dienone is 1. The Balaban J connectivity index is 2.80. The summed E-state index contributed by atoms with van der Waals surface area (Å²) in [5, 5.41) is 0. The van der Waals surface area contributed by atoms with Crippen LogP contribution in [0.5, 0.6) is 0 Å². The molecule has 4 nitrogen and oxygen atoms in total. The van der Waals surface area contributed by atoms with E-state index in [1.165, 1.54) is 7.05 Å². The zero-order chi connectivity index (χ0) is 12.2. The number of hydrogen-bond acceptors (Lipinski definition) is 3. The van der Waals surface area contributed by atoms with E-state index in [0.29, 0.717) is 0 Å². The van der Waals surface area contributed by atoms with Crippen LogP contribution in [-0.4, -0.2) is 15.5 Å². The standard InChI is InChI=1S/C11H16N2O2S/c1-9(2)11-6-4-10(5-7-11)8-16(14,15)13-12-3/h4-7,12-13H,1,8H2,2-3H3. The third-order valence-corrected chi connectivity index (χ3v) is 3.29. The maximum Gasteiger partial charge on any atom is 0.228 e. The van der Waals surface area contributed by atoms with Gasteiger partial charge in [-0.15, -0.1) is 0 Å². The van der Waals surface area contributed by atoms with Crippen LogP contribution < -0.4 is 10.3 Å². The van der Waals surface area contributed by atoms with Gasteiger partial charge >= 0.3 is 0 Å². The van der Waals surface area contributed by atoms with Crippen molar-refractivity contribution in [3.63, 3.8) is 0 Å². The lowest BCUT2D eigenvalue weighted by Crippen LogP contribution is -2.35. The van der Waals surface area contributed by atoms with Crippen molar-refractivity contribution in [1.82, 2.24) is 10.3 Å². The molecule has 0 radical (unpaired) electrons. The van der Waals surface area contributed by atoms with Crippen LogP contribution in [0.25, 0.3) is 5.57 Å². The Morgan fingerprint density at radius 3 is 2.31 bits per heavy atom. The lowest BCUT2D eigenvalue weighted by molar-refractivity contribution is 0.569. The number of sulfonamides is 1. The van der Waals surface area contributed by atoms with Gasteiger partial charge < -0.3 is 0 Å². The van der Waals surface area contributed by atoms with E-state index in [-0.39, 0.29) is 5.75 Å². The molecule has 0 saturated heterocycles. The van der Waals surface area contributed by atoms with Crippen LogP contribution in [0, 0.1) is 0 Å². The molecule has 0 amide bonds. The number of nitrogens with one attached hydrogen (secondary N) is 2. The normalized spacial score (nSPS) is 11.4. The van der Waals surface area contributed by atoms with Crippen molar-refractivity contribution in [2.45, 2.75) is 12.7 Å². The lowest BCUT2D eigenvalue weighted by atomic mass is 10.1. The highest BCUT2D eigenvalue weighted by atomic mass is 32.2. The Morgan fingerprint density at radius 2 is 1.88 bits per heavy atom. The Morgan fingerprint density at radius 1 is 1.31 bits per heavy atom. The summed E-state index contributed by atoms with van der Waals surface area (Å²) in [6.07, 6.45) is 0. The van der Waals surface area contributed by atoms with Crippen molar-refractivity contribution in [2.24, 2.45) is 0 Å². The van der Waals surface area contributed by atoms with Crippen LogP contribution in [0.2, 0.25) is 0 Å². The predicted octanol–water partition coefficient (Wildman–Crippen LogP) is 1.27. The zero-order valence-electron chi connectivity index (χ0n) is 9.45. The van der Waals surface area contributed by atoms with Gasteiger partial charge in [0.2, 0.25) is 10.0 Å². The van der Waals surface area contributed by atoms with Gasteiger partial charge in [0, 0.05) is 0 Å². The van der Waals surface area contributed by atoms with E-state index in [4.69, 9.17) is 0 Å². The second-order valence-corrected chi connectivity index (χ2v) is 5.31. The van der Waals surface area contributed by atoms with Crippen molar-refractivity contribution in [2.75, 3.05) is 7.05 Å². The third-order valence-electron chi connectivity index (χ3n) is 2.06. The molecular weight excluding hydrogens is 224 g/mol. The molecule has 0 aliphatic rings. The molecule has 0 saturated carbocycles. The first kappa shape index (κ1) is 12.9. The molecule has 0 fully saturated rings. The molecule has 1 rings (SSSR count). The van der Waals surface area contributed by atoms with Crippen molar-refractivity contribution >= 4 is 15.6 Å². The Bertz CT molecular complexity index is 463. The predicted molar refractivity (Wildman–Crippen MR) is 66.0 cm³/mol. The maximum atomic E-state index is 11.4. The molecule has 1 aromatic carbocycles. The van der Waals surface area contributed by atoms with Gasteiger partial charge in [0.05, 0.1) is 5.75 Å². The smallest absolute Gasteiger partial charge is 0.228 e. The first-order valence-corrected chi connectivity index (χ1v) is 6.51. The third kappa shape index (κ3) is 3.77. The summed E-state index contributed by atoms with van der Waals surface area (Å²) < 4.78 is 22.9. The summed E-state index contributed by atoms with van der Waals surface area (Å²) >= 11 is 0. The van der Waals surface area contributed by atoms with Gasteiger partial charge in [-0.25, -0.2) is 13.8 Å². The van der Waals surface area contributed by atoms with Crippen LogP contribution in [0.3, 0.4) is 0 Å².